The number of rotatable bonds is 6. The third kappa shape index (κ3) is 4.21. The first-order chi connectivity index (χ1) is 8.86. The summed E-state index contributed by atoms with van der Waals surface area (Å²) >= 11 is 6.25. The Balaban J connectivity index is 2.62. The average Bonchev–Trinajstić information content (AvgIpc) is 2.60. The summed E-state index contributed by atoms with van der Waals surface area (Å²) in [5, 5.41) is 11.1. The van der Waals surface area contributed by atoms with Crippen molar-refractivity contribution in [3.63, 3.8) is 0 Å². The minimum absolute atomic E-state index is 0.0102. The molecule has 0 bridgehead atoms. The number of halogens is 1. The first-order valence-corrected chi connectivity index (χ1v) is 6.98. The van der Waals surface area contributed by atoms with Gasteiger partial charge in [-0.2, -0.15) is 5.10 Å². The second-order valence-corrected chi connectivity index (χ2v) is 5.33. The van der Waals surface area contributed by atoms with E-state index in [-0.39, 0.29) is 18.0 Å². The number of aromatic nitrogens is 2. The Hall–Kier alpha value is -1.07. The Bertz CT molecular complexity index is 442. The van der Waals surface area contributed by atoms with E-state index in [0.29, 0.717) is 11.6 Å². The monoisotopic (exact) mass is 286 g/mol. The maximum atomic E-state index is 11.8. The molecule has 0 spiro atoms. The van der Waals surface area contributed by atoms with E-state index >= 15 is 0 Å². The van der Waals surface area contributed by atoms with Crippen LogP contribution in [0, 0.1) is 0 Å². The molecule has 1 unspecified atom stereocenters. The van der Waals surface area contributed by atoms with Crippen LogP contribution in [-0.2, 0) is 24.8 Å². The molecule has 1 heterocycles. The van der Waals surface area contributed by atoms with E-state index in [0.717, 1.165) is 17.8 Å². The number of nitrogens with zero attached hydrogens (tertiary/aromatic N) is 2. The molecule has 19 heavy (non-hydrogen) atoms. The average molecular weight is 287 g/mol. The van der Waals surface area contributed by atoms with E-state index in [9.17, 15) is 4.79 Å². The van der Waals surface area contributed by atoms with E-state index in [1.165, 1.54) is 0 Å². The summed E-state index contributed by atoms with van der Waals surface area (Å²) in [6.45, 7) is 8.26. The number of carbonyl (C=O) groups is 1. The van der Waals surface area contributed by atoms with Crippen molar-refractivity contribution in [1.82, 2.24) is 20.4 Å². The van der Waals surface area contributed by atoms with Crippen LogP contribution >= 0.6 is 11.6 Å². The SMILES string of the molecule is CCc1nn(C)c(CNC(C)C(=O)NC(C)C)c1Cl. The number of aryl methyl sites for hydroxylation is 2. The Labute approximate surface area is 119 Å². The first kappa shape index (κ1) is 16.0. The molecule has 0 radical (unpaired) electrons. The minimum Gasteiger partial charge on any atom is -0.353 e. The highest BCUT2D eigenvalue weighted by atomic mass is 35.5. The predicted molar refractivity (Wildman–Crippen MR) is 77.2 cm³/mol. The second kappa shape index (κ2) is 6.91. The van der Waals surface area contributed by atoms with E-state index < -0.39 is 0 Å². The van der Waals surface area contributed by atoms with Gasteiger partial charge in [0.25, 0.3) is 0 Å². The third-order valence-corrected chi connectivity index (χ3v) is 3.34. The van der Waals surface area contributed by atoms with Crippen molar-refractivity contribution >= 4 is 17.5 Å². The summed E-state index contributed by atoms with van der Waals surface area (Å²) in [5.41, 5.74) is 1.79. The minimum atomic E-state index is -0.265. The van der Waals surface area contributed by atoms with Gasteiger partial charge in [-0.25, -0.2) is 0 Å². The van der Waals surface area contributed by atoms with Gasteiger partial charge in [-0.1, -0.05) is 18.5 Å². The molecule has 0 aromatic carbocycles. The zero-order valence-electron chi connectivity index (χ0n) is 12.2. The molecule has 1 rings (SSSR count). The number of nitrogens with one attached hydrogen (secondary N) is 2. The number of carbonyl (C=O) groups excluding carboxylic acids is 1. The summed E-state index contributed by atoms with van der Waals surface area (Å²) in [5.74, 6) is -0.0102. The molecule has 2 N–H and O–H groups in total. The molecule has 6 heteroatoms. The molecule has 0 fully saturated rings. The highest BCUT2D eigenvalue weighted by Crippen LogP contribution is 2.20. The summed E-state index contributed by atoms with van der Waals surface area (Å²) in [6.07, 6.45) is 0.802. The fourth-order valence-electron chi connectivity index (χ4n) is 1.76. The van der Waals surface area contributed by atoms with Crippen LogP contribution in [0.4, 0.5) is 0 Å². The van der Waals surface area contributed by atoms with Gasteiger partial charge in [0.1, 0.15) is 0 Å². The van der Waals surface area contributed by atoms with Crippen LogP contribution in [0.1, 0.15) is 39.1 Å². The lowest BCUT2D eigenvalue weighted by Gasteiger charge is -2.16. The van der Waals surface area contributed by atoms with Crippen molar-refractivity contribution < 1.29 is 4.79 Å². The highest BCUT2D eigenvalue weighted by Gasteiger charge is 2.16. The van der Waals surface area contributed by atoms with Gasteiger partial charge < -0.3 is 10.6 Å². The van der Waals surface area contributed by atoms with Crippen LogP contribution in [0.25, 0.3) is 0 Å². The van der Waals surface area contributed by atoms with Gasteiger partial charge >= 0.3 is 0 Å². The molecule has 0 saturated carbocycles. The van der Waals surface area contributed by atoms with Crippen molar-refractivity contribution in [2.24, 2.45) is 7.05 Å². The maximum absolute atomic E-state index is 11.8. The van der Waals surface area contributed by atoms with Crippen LogP contribution in [0.2, 0.25) is 5.02 Å². The molecule has 1 aromatic heterocycles. The molecule has 0 aliphatic carbocycles. The fourth-order valence-corrected chi connectivity index (χ4v) is 2.12. The normalized spacial score (nSPS) is 12.8. The van der Waals surface area contributed by atoms with Crippen molar-refractivity contribution in [2.45, 2.75) is 52.7 Å². The highest BCUT2D eigenvalue weighted by molar-refractivity contribution is 6.31. The van der Waals surface area contributed by atoms with E-state index in [1.54, 1.807) is 4.68 Å². The summed E-state index contributed by atoms with van der Waals surface area (Å²) in [6, 6.07) is -0.123. The second-order valence-electron chi connectivity index (χ2n) is 4.95. The first-order valence-electron chi connectivity index (χ1n) is 6.60. The van der Waals surface area contributed by atoms with Gasteiger partial charge in [-0.15, -0.1) is 0 Å². The molecule has 1 aromatic rings. The van der Waals surface area contributed by atoms with E-state index in [4.69, 9.17) is 11.6 Å². The molecule has 0 aliphatic heterocycles. The van der Waals surface area contributed by atoms with Crippen molar-refractivity contribution in [1.29, 1.82) is 0 Å². The van der Waals surface area contributed by atoms with Gasteiger partial charge in [0.15, 0.2) is 0 Å². The van der Waals surface area contributed by atoms with Gasteiger partial charge in [-0.3, -0.25) is 9.48 Å². The van der Waals surface area contributed by atoms with E-state index in [2.05, 4.69) is 15.7 Å². The lowest BCUT2D eigenvalue weighted by atomic mass is 10.2. The van der Waals surface area contributed by atoms with Crippen molar-refractivity contribution in [3.05, 3.63) is 16.4 Å². The van der Waals surface area contributed by atoms with Gasteiger partial charge in [0.05, 0.1) is 22.5 Å². The predicted octanol–water partition coefficient (Wildman–Crippen LogP) is 1.64. The lowest BCUT2D eigenvalue weighted by molar-refractivity contribution is -0.123. The van der Waals surface area contributed by atoms with Crippen LogP contribution in [0.3, 0.4) is 0 Å². The molecule has 0 aliphatic rings. The molecular weight excluding hydrogens is 264 g/mol. The third-order valence-electron chi connectivity index (χ3n) is 2.90. The smallest absolute Gasteiger partial charge is 0.237 e. The summed E-state index contributed by atoms with van der Waals surface area (Å²) in [4.78, 5) is 11.8. The Kier molecular flexibility index (Phi) is 5.82. The van der Waals surface area contributed by atoms with Gasteiger partial charge in [0, 0.05) is 19.6 Å². The van der Waals surface area contributed by atoms with Crippen LogP contribution in [0.15, 0.2) is 0 Å². The lowest BCUT2D eigenvalue weighted by Crippen LogP contribution is -2.44. The number of hydrogen-bond donors (Lipinski definition) is 2. The molecule has 1 amide bonds. The van der Waals surface area contributed by atoms with E-state index in [1.807, 2.05) is 34.7 Å². The Morgan fingerprint density at radius 1 is 1.42 bits per heavy atom. The van der Waals surface area contributed by atoms with Crippen molar-refractivity contribution in [2.75, 3.05) is 0 Å². The van der Waals surface area contributed by atoms with Crippen LogP contribution < -0.4 is 10.6 Å². The zero-order chi connectivity index (χ0) is 14.6. The standard InChI is InChI=1S/C13H23ClN4O/c1-6-10-12(14)11(18(5)17-10)7-15-9(4)13(19)16-8(2)3/h8-9,15H,6-7H2,1-5H3,(H,16,19). The number of hydrogen-bond acceptors (Lipinski definition) is 3. The summed E-state index contributed by atoms with van der Waals surface area (Å²) < 4.78 is 1.77. The van der Waals surface area contributed by atoms with Crippen LogP contribution in [0.5, 0.6) is 0 Å². The Morgan fingerprint density at radius 3 is 2.53 bits per heavy atom. The molecule has 108 valence electrons. The van der Waals surface area contributed by atoms with Gasteiger partial charge in [-0.05, 0) is 27.2 Å². The topological polar surface area (TPSA) is 59.0 Å². The molecular formula is C13H23ClN4O. The maximum Gasteiger partial charge on any atom is 0.237 e. The molecule has 5 nitrogen and oxygen atoms in total. The van der Waals surface area contributed by atoms with Crippen LogP contribution in [-0.4, -0.2) is 27.8 Å². The number of amides is 1. The largest absolute Gasteiger partial charge is 0.353 e. The zero-order valence-corrected chi connectivity index (χ0v) is 13.0. The Morgan fingerprint density at radius 2 is 2.05 bits per heavy atom. The molecule has 0 saturated heterocycles. The van der Waals surface area contributed by atoms with Gasteiger partial charge in [0.2, 0.25) is 5.91 Å². The quantitative estimate of drug-likeness (QED) is 0.836. The fraction of sp³-hybridized carbons (Fsp3) is 0.692. The van der Waals surface area contributed by atoms with Crippen molar-refractivity contribution in [3.8, 4) is 0 Å². The molecule has 1 atom stereocenters. The summed E-state index contributed by atoms with van der Waals surface area (Å²) in [7, 11) is 1.86.